The molecule has 1 heterocycles. The second-order valence-electron chi connectivity index (χ2n) is 7.38. The summed E-state index contributed by atoms with van der Waals surface area (Å²) in [4.78, 5) is 26.6. The van der Waals surface area contributed by atoms with Crippen molar-refractivity contribution in [1.82, 2.24) is 15.0 Å². The van der Waals surface area contributed by atoms with Gasteiger partial charge in [0.1, 0.15) is 11.5 Å². The third kappa shape index (κ3) is 5.74. The van der Waals surface area contributed by atoms with Crippen molar-refractivity contribution in [3.63, 3.8) is 0 Å². The Bertz CT molecular complexity index is 1300. The number of hydrogen-bond donors (Lipinski definition) is 2. The van der Waals surface area contributed by atoms with Crippen molar-refractivity contribution in [2.45, 2.75) is 13.8 Å². The number of carbonyl (C=O) groups is 1. The SMILES string of the molecule is CON(C)C(=O)c1cc(Nc2c(C)cc(/C=C/C#N)cc2C)nc(Nc2ccc(C#N)cc2)n1. The molecule has 0 atom stereocenters. The number of amides is 1. The van der Waals surface area contributed by atoms with Gasteiger partial charge in [0.2, 0.25) is 5.95 Å². The van der Waals surface area contributed by atoms with E-state index < -0.39 is 5.91 Å². The molecule has 3 aromatic rings. The molecule has 0 aliphatic heterocycles. The zero-order valence-corrected chi connectivity index (χ0v) is 19.2. The van der Waals surface area contributed by atoms with E-state index >= 15 is 0 Å². The van der Waals surface area contributed by atoms with Crippen LogP contribution in [0.25, 0.3) is 6.08 Å². The number of benzene rings is 2. The van der Waals surface area contributed by atoms with E-state index in [1.807, 2.05) is 32.0 Å². The number of hydroxylamine groups is 2. The molecule has 1 aromatic heterocycles. The fourth-order valence-electron chi connectivity index (χ4n) is 3.23. The number of aryl methyl sites for hydroxylation is 2. The van der Waals surface area contributed by atoms with Crippen LogP contribution in [0, 0.1) is 36.5 Å². The first-order chi connectivity index (χ1) is 16.3. The molecule has 170 valence electrons. The topological polar surface area (TPSA) is 127 Å². The van der Waals surface area contributed by atoms with Crippen molar-refractivity contribution in [3.05, 3.63) is 76.5 Å². The first-order valence-corrected chi connectivity index (χ1v) is 10.3. The van der Waals surface area contributed by atoms with Crippen LogP contribution in [-0.2, 0) is 4.84 Å². The summed E-state index contributed by atoms with van der Waals surface area (Å²) in [6.45, 7) is 3.89. The quantitative estimate of drug-likeness (QED) is 0.392. The van der Waals surface area contributed by atoms with Crippen LogP contribution in [0.3, 0.4) is 0 Å². The molecule has 34 heavy (non-hydrogen) atoms. The maximum absolute atomic E-state index is 12.7. The summed E-state index contributed by atoms with van der Waals surface area (Å²) in [5.74, 6) is 0.165. The minimum atomic E-state index is -0.443. The van der Waals surface area contributed by atoms with E-state index in [-0.39, 0.29) is 11.6 Å². The molecule has 9 nitrogen and oxygen atoms in total. The lowest BCUT2D eigenvalue weighted by Gasteiger charge is -2.17. The lowest BCUT2D eigenvalue weighted by atomic mass is 10.0. The molecule has 0 unspecified atom stereocenters. The Morgan fingerprint density at radius 2 is 1.74 bits per heavy atom. The van der Waals surface area contributed by atoms with Crippen molar-refractivity contribution in [2.75, 3.05) is 24.8 Å². The summed E-state index contributed by atoms with van der Waals surface area (Å²) in [5.41, 5.74) is 4.94. The standard InChI is InChI=1S/C25H23N7O2/c1-16-12-19(6-5-11-26)13-17(2)23(16)30-22-14-21(24(33)32(3)34-4)29-25(31-22)28-20-9-7-18(15-27)8-10-20/h5-10,12-14H,1-4H3,(H2,28,29,30,31)/b6-5+. The first kappa shape index (κ1) is 23.9. The molecule has 0 saturated carbocycles. The summed E-state index contributed by atoms with van der Waals surface area (Å²) in [6.07, 6.45) is 3.17. The number of nitrogens with zero attached hydrogens (tertiary/aromatic N) is 5. The van der Waals surface area contributed by atoms with Crippen molar-refractivity contribution in [3.8, 4) is 12.1 Å². The predicted octanol–water partition coefficient (Wildman–Crippen LogP) is 4.62. The van der Waals surface area contributed by atoms with Gasteiger partial charge in [-0.15, -0.1) is 0 Å². The summed E-state index contributed by atoms with van der Waals surface area (Å²) >= 11 is 0. The summed E-state index contributed by atoms with van der Waals surface area (Å²) in [5, 5.41) is 25.2. The molecule has 0 aliphatic rings. The Morgan fingerprint density at radius 1 is 1.06 bits per heavy atom. The van der Waals surface area contributed by atoms with Gasteiger partial charge in [-0.05, 0) is 73.0 Å². The molecular formula is C25H23N7O2. The molecule has 2 aromatic carbocycles. The highest BCUT2D eigenvalue weighted by molar-refractivity contribution is 5.92. The second kappa shape index (κ2) is 10.7. The lowest BCUT2D eigenvalue weighted by molar-refractivity contribution is -0.0760. The van der Waals surface area contributed by atoms with E-state index in [4.69, 9.17) is 15.4 Å². The Hall–Kier alpha value is -4.73. The zero-order chi connectivity index (χ0) is 24.7. The number of rotatable bonds is 7. The van der Waals surface area contributed by atoms with Crippen molar-refractivity contribution in [1.29, 1.82) is 10.5 Å². The van der Waals surface area contributed by atoms with Gasteiger partial charge in [-0.1, -0.05) is 0 Å². The number of nitrogens with one attached hydrogen (secondary N) is 2. The molecule has 3 rings (SSSR count). The summed E-state index contributed by atoms with van der Waals surface area (Å²) in [7, 11) is 2.89. The average Bonchev–Trinajstić information content (AvgIpc) is 2.84. The first-order valence-electron chi connectivity index (χ1n) is 10.3. The maximum Gasteiger partial charge on any atom is 0.296 e. The van der Waals surface area contributed by atoms with Gasteiger partial charge < -0.3 is 10.6 Å². The number of allylic oxidation sites excluding steroid dienone is 1. The van der Waals surface area contributed by atoms with Gasteiger partial charge in [0.05, 0.1) is 24.8 Å². The molecule has 2 N–H and O–H groups in total. The molecule has 0 saturated heterocycles. The van der Waals surface area contributed by atoms with Crippen molar-refractivity contribution >= 4 is 35.1 Å². The third-order valence-corrected chi connectivity index (χ3v) is 4.93. The van der Waals surface area contributed by atoms with Crippen LogP contribution in [0.5, 0.6) is 0 Å². The van der Waals surface area contributed by atoms with E-state index in [9.17, 15) is 4.79 Å². The predicted molar refractivity (Wildman–Crippen MR) is 129 cm³/mol. The highest BCUT2D eigenvalue weighted by Crippen LogP contribution is 2.27. The van der Waals surface area contributed by atoms with Crippen LogP contribution < -0.4 is 10.6 Å². The van der Waals surface area contributed by atoms with Crippen LogP contribution in [-0.4, -0.2) is 35.1 Å². The van der Waals surface area contributed by atoms with Crippen molar-refractivity contribution in [2.24, 2.45) is 0 Å². The van der Waals surface area contributed by atoms with Crippen LogP contribution in [0.4, 0.5) is 23.1 Å². The summed E-state index contributed by atoms with van der Waals surface area (Å²) in [6, 6.07) is 16.3. The smallest absolute Gasteiger partial charge is 0.296 e. The molecule has 0 bridgehead atoms. The summed E-state index contributed by atoms with van der Waals surface area (Å²) < 4.78 is 0. The van der Waals surface area contributed by atoms with Gasteiger partial charge in [0.25, 0.3) is 5.91 Å². The van der Waals surface area contributed by atoms with Gasteiger partial charge in [-0.2, -0.15) is 15.5 Å². The lowest BCUT2D eigenvalue weighted by Crippen LogP contribution is -2.26. The van der Waals surface area contributed by atoms with E-state index in [1.165, 1.54) is 20.2 Å². The minimum Gasteiger partial charge on any atom is -0.340 e. The van der Waals surface area contributed by atoms with Crippen LogP contribution in [0.15, 0.2) is 48.5 Å². The van der Waals surface area contributed by atoms with E-state index in [0.29, 0.717) is 17.1 Å². The second-order valence-corrected chi connectivity index (χ2v) is 7.38. The largest absolute Gasteiger partial charge is 0.340 e. The van der Waals surface area contributed by atoms with Gasteiger partial charge in [0, 0.05) is 30.6 Å². The van der Waals surface area contributed by atoms with Crippen LogP contribution in [0.1, 0.15) is 32.7 Å². The molecule has 0 spiro atoms. The van der Waals surface area contributed by atoms with Crippen LogP contribution in [0.2, 0.25) is 0 Å². The Labute approximate surface area is 197 Å². The maximum atomic E-state index is 12.7. The number of carbonyl (C=O) groups excluding carboxylic acids is 1. The average molecular weight is 454 g/mol. The Kier molecular flexibility index (Phi) is 7.55. The van der Waals surface area contributed by atoms with Gasteiger partial charge in [0.15, 0.2) is 0 Å². The minimum absolute atomic E-state index is 0.127. The van der Waals surface area contributed by atoms with E-state index in [2.05, 4.69) is 26.7 Å². The van der Waals surface area contributed by atoms with Gasteiger partial charge >= 0.3 is 0 Å². The van der Waals surface area contributed by atoms with Gasteiger partial charge in [-0.25, -0.2) is 10.0 Å². The molecule has 1 amide bonds. The zero-order valence-electron chi connectivity index (χ0n) is 19.2. The molecule has 0 fully saturated rings. The third-order valence-electron chi connectivity index (χ3n) is 4.93. The number of hydrogen-bond acceptors (Lipinski definition) is 8. The Morgan fingerprint density at radius 3 is 2.32 bits per heavy atom. The molecular weight excluding hydrogens is 430 g/mol. The van der Waals surface area contributed by atoms with Gasteiger partial charge in [-0.3, -0.25) is 9.63 Å². The molecule has 0 radical (unpaired) electrons. The Balaban J connectivity index is 2.00. The highest BCUT2D eigenvalue weighted by atomic mass is 16.7. The number of nitriles is 2. The fourth-order valence-corrected chi connectivity index (χ4v) is 3.23. The number of anilines is 4. The monoisotopic (exact) mass is 453 g/mol. The molecule has 0 aliphatic carbocycles. The van der Waals surface area contributed by atoms with E-state index in [0.717, 1.165) is 27.4 Å². The molecule has 9 heteroatoms. The fraction of sp³-hybridized carbons (Fsp3) is 0.160. The normalized spacial score (nSPS) is 10.4. The highest BCUT2D eigenvalue weighted by Gasteiger charge is 2.17. The van der Waals surface area contributed by atoms with E-state index in [1.54, 1.807) is 36.4 Å². The van der Waals surface area contributed by atoms with Crippen molar-refractivity contribution < 1.29 is 9.63 Å². The number of aromatic nitrogens is 2. The van der Waals surface area contributed by atoms with Crippen LogP contribution >= 0.6 is 0 Å².